The molecule has 1 aliphatic rings. The van der Waals surface area contributed by atoms with Crippen LogP contribution >= 0.6 is 34.5 Å². The number of hydrogen-bond donors (Lipinski definition) is 2. The molecule has 1 aliphatic heterocycles. The van der Waals surface area contributed by atoms with Crippen LogP contribution in [-0.2, 0) is 4.74 Å². The quantitative estimate of drug-likeness (QED) is 0.649. The average Bonchev–Trinajstić information content (AvgIpc) is 2.66. The monoisotopic (exact) mass is 322 g/mol. The predicted octanol–water partition coefficient (Wildman–Crippen LogP) is 4.15. The van der Waals surface area contributed by atoms with Crippen LogP contribution in [0.2, 0.25) is 8.67 Å². The summed E-state index contributed by atoms with van der Waals surface area (Å²) >= 11 is 13.7. The van der Waals surface area contributed by atoms with Gasteiger partial charge < -0.3 is 4.74 Å². The molecule has 0 aliphatic carbocycles. The summed E-state index contributed by atoms with van der Waals surface area (Å²) in [7, 11) is 0. The highest BCUT2D eigenvalue weighted by atomic mass is 35.5. The van der Waals surface area contributed by atoms with Crippen LogP contribution < -0.4 is 11.3 Å². The number of rotatable bonds is 3. The minimum atomic E-state index is -0.266. The molecule has 0 bridgehead atoms. The molecule has 19 heavy (non-hydrogen) atoms. The van der Waals surface area contributed by atoms with Crippen LogP contribution in [0.25, 0.3) is 0 Å². The zero-order chi connectivity index (χ0) is 14.4. The van der Waals surface area contributed by atoms with Crippen LogP contribution in [-0.4, -0.2) is 11.2 Å². The van der Waals surface area contributed by atoms with Gasteiger partial charge in [-0.05, 0) is 40.2 Å². The molecule has 0 amide bonds. The largest absolute Gasteiger partial charge is 0.369 e. The summed E-state index contributed by atoms with van der Waals surface area (Å²) in [6.45, 7) is 8.40. The fourth-order valence-electron chi connectivity index (χ4n) is 3.11. The number of hydrazine groups is 1. The highest BCUT2D eigenvalue weighted by Crippen LogP contribution is 2.49. The van der Waals surface area contributed by atoms with Gasteiger partial charge in [0, 0.05) is 11.5 Å². The Morgan fingerprint density at radius 1 is 1.42 bits per heavy atom. The topological polar surface area (TPSA) is 47.3 Å². The van der Waals surface area contributed by atoms with E-state index in [2.05, 4.69) is 33.1 Å². The highest BCUT2D eigenvalue weighted by molar-refractivity contribution is 7.20. The summed E-state index contributed by atoms with van der Waals surface area (Å²) in [6.07, 6.45) is 0.915. The van der Waals surface area contributed by atoms with E-state index in [1.54, 1.807) is 0 Å². The van der Waals surface area contributed by atoms with E-state index in [0.29, 0.717) is 8.67 Å². The number of hydrogen-bond acceptors (Lipinski definition) is 4. The number of halogens is 2. The Labute approximate surface area is 128 Å². The van der Waals surface area contributed by atoms with Crippen molar-refractivity contribution in [2.24, 2.45) is 11.8 Å². The molecule has 1 saturated heterocycles. The van der Waals surface area contributed by atoms with Gasteiger partial charge in [-0.25, -0.2) is 0 Å². The van der Waals surface area contributed by atoms with E-state index < -0.39 is 0 Å². The molecule has 1 fully saturated rings. The van der Waals surface area contributed by atoms with Gasteiger partial charge in [-0.1, -0.05) is 23.2 Å². The summed E-state index contributed by atoms with van der Waals surface area (Å²) in [5.74, 6) is 6.00. The second-order valence-corrected chi connectivity index (χ2v) is 8.49. The molecule has 0 spiro atoms. The third kappa shape index (κ3) is 3.09. The maximum atomic E-state index is 6.26. The molecule has 2 unspecified atom stereocenters. The van der Waals surface area contributed by atoms with E-state index in [0.717, 1.165) is 12.0 Å². The van der Waals surface area contributed by atoms with Crippen LogP contribution in [0.3, 0.4) is 0 Å². The molecule has 2 rings (SSSR count). The summed E-state index contributed by atoms with van der Waals surface area (Å²) in [5.41, 5.74) is 3.43. The first kappa shape index (κ1) is 15.5. The zero-order valence-electron chi connectivity index (χ0n) is 11.6. The second-order valence-electron chi connectivity index (χ2n) is 6.20. The second kappa shape index (κ2) is 5.17. The minimum Gasteiger partial charge on any atom is -0.369 e. The fraction of sp³-hybridized carbons (Fsp3) is 0.692. The van der Waals surface area contributed by atoms with Crippen molar-refractivity contribution in [3.8, 4) is 0 Å². The van der Waals surface area contributed by atoms with Gasteiger partial charge in [-0.3, -0.25) is 11.3 Å². The van der Waals surface area contributed by atoms with Crippen LogP contribution in [0.5, 0.6) is 0 Å². The first-order valence-corrected chi connectivity index (χ1v) is 7.84. The first-order valence-electron chi connectivity index (χ1n) is 6.27. The van der Waals surface area contributed by atoms with Crippen molar-refractivity contribution in [1.82, 2.24) is 5.43 Å². The lowest BCUT2D eigenvalue weighted by molar-refractivity contribution is -0.0778. The normalized spacial score (nSPS) is 26.6. The van der Waals surface area contributed by atoms with E-state index >= 15 is 0 Å². The summed E-state index contributed by atoms with van der Waals surface area (Å²) in [6, 6.07) is 1.83. The van der Waals surface area contributed by atoms with Gasteiger partial charge in [0.05, 0.1) is 25.9 Å². The van der Waals surface area contributed by atoms with Crippen molar-refractivity contribution >= 4 is 34.5 Å². The van der Waals surface area contributed by atoms with Crippen molar-refractivity contribution in [1.29, 1.82) is 0 Å². The number of thiophene rings is 1. The Morgan fingerprint density at radius 3 is 2.42 bits per heavy atom. The lowest BCUT2D eigenvalue weighted by Crippen LogP contribution is -2.41. The van der Waals surface area contributed by atoms with Gasteiger partial charge >= 0.3 is 0 Å². The minimum absolute atomic E-state index is 0.0620. The Bertz CT molecular complexity index is 473. The molecule has 1 aromatic rings. The van der Waals surface area contributed by atoms with E-state index in [1.807, 2.05) is 6.07 Å². The molecule has 0 aromatic carbocycles. The molecular formula is C13H20Cl2N2OS. The van der Waals surface area contributed by atoms with Crippen molar-refractivity contribution in [3.05, 3.63) is 20.3 Å². The average molecular weight is 323 g/mol. The van der Waals surface area contributed by atoms with Gasteiger partial charge in [0.2, 0.25) is 0 Å². The van der Waals surface area contributed by atoms with Crippen LogP contribution in [0, 0.1) is 5.92 Å². The molecule has 3 N–H and O–H groups in total. The van der Waals surface area contributed by atoms with E-state index in [4.69, 9.17) is 33.8 Å². The Balaban J connectivity index is 2.35. The van der Waals surface area contributed by atoms with Gasteiger partial charge in [-0.2, -0.15) is 0 Å². The van der Waals surface area contributed by atoms with Crippen molar-refractivity contribution in [2.75, 3.05) is 0 Å². The highest BCUT2D eigenvalue weighted by Gasteiger charge is 2.49. The smallest absolute Gasteiger partial charge is 0.0992 e. The third-order valence-corrected chi connectivity index (χ3v) is 5.26. The molecular weight excluding hydrogens is 303 g/mol. The predicted molar refractivity (Wildman–Crippen MR) is 81.8 cm³/mol. The molecule has 2 atom stereocenters. The number of nitrogens with two attached hydrogens (primary N) is 1. The molecule has 108 valence electrons. The Morgan fingerprint density at radius 2 is 2.05 bits per heavy atom. The zero-order valence-corrected chi connectivity index (χ0v) is 13.9. The molecule has 0 saturated carbocycles. The first-order chi connectivity index (χ1) is 8.66. The maximum absolute atomic E-state index is 6.26. The SMILES string of the molecule is CC1(C)CC(C(NN)c2cc(Cl)sc2Cl)C(C)(C)O1. The van der Waals surface area contributed by atoms with Crippen LogP contribution in [0.15, 0.2) is 6.07 Å². The number of nitrogens with one attached hydrogen (secondary N) is 1. The third-order valence-electron chi connectivity index (χ3n) is 3.74. The summed E-state index contributed by atoms with van der Waals surface area (Å²) in [5, 5.41) is 0. The van der Waals surface area contributed by atoms with Gasteiger partial charge in [-0.15, -0.1) is 11.3 Å². The molecule has 3 nitrogen and oxygen atoms in total. The van der Waals surface area contributed by atoms with Gasteiger partial charge in [0.25, 0.3) is 0 Å². The van der Waals surface area contributed by atoms with Crippen molar-refractivity contribution in [2.45, 2.75) is 51.4 Å². The van der Waals surface area contributed by atoms with Crippen molar-refractivity contribution in [3.63, 3.8) is 0 Å². The lowest BCUT2D eigenvalue weighted by atomic mass is 9.80. The summed E-state index contributed by atoms with van der Waals surface area (Å²) in [4.78, 5) is 0. The number of ether oxygens (including phenoxy) is 1. The summed E-state index contributed by atoms with van der Waals surface area (Å²) < 4.78 is 7.50. The fourth-order valence-corrected chi connectivity index (χ4v) is 4.66. The van der Waals surface area contributed by atoms with Gasteiger partial charge in [0.15, 0.2) is 0 Å². The Hall–Kier alpha value is 0.160. The van der Waals surface area contributed by atoms with E-state index in [9.17, 15) is 0 Å². The molecule has 1 aromatic heterocycles. The van der Waals surface area contributed by atoms with Crippen LogP contribution in [0.4, 0.5) is 0 Å². The van der Waals surface area contributed by atoms with E-state index in [-0.39, 0.29) is 23.2 Å². The molecule has 2 heterocycles. The molecule has 0 radical (unpaired) electrons. The van der Waals surface area contributed by atoms with Gasteiger partial charge in [0.1, 0.15) is 0 Å². The maximum Gasteiger partial charge on any atom is 0.0992 e. The van der Waals surface area contributed by atoms with Crippen molar-refractivity contribution < 1.29 is 4.74 Å². The molecule has 6 heteroatoms. The Kier molecular flexibility index (Phi) is 4.23. The lowest BCUT2D eigenvalue weighted by Gasteiger charge is -2.32. The van der Waals surface area contributed by atoms with Crippen LogP contribution in [0.1, 0.15) is 45.7 Å². The standard InChI is InChI=1S/C13H20Cl2N2OS/c1-12(2)6-8(13(3,4)18-12)10(17-16)7-5-9(14)19-11(7)15/h5,8,10,17H,6,16H2,1-4H3. The van der Waals surface area contributed by atoms with E-state index in [1.165, 1.54) is 11.3 Å².